The summed E-state index contributed by atoms with van der Waals surface area (Å²) in [5.74, 6) is 8.22. The van der Waals surface area contributed by atoms with E-state index < -0.39 is 0 Å². The summed E-state index contributed by atoms with van der Waals surface area (Å²) in [6.45, 7) is 6.15. The highest BCUT2D eigenvalue weighted by Gasteiger charge is 2.20. The van der Waals surface area contributed by atoms with Crippen LogP contribution in [0.4, 0.5) is 5.82 Å². The van der Waals surface area contributed by atoms with E-state index in [9.17, 15) is 0 Å². The monoisotopic (exact) mass is 286 g/mol. The molecule has 3 rings (SSSR count). The predicted molar refractivity (Wildman–Crippen MR) is 82.4 cm³/mol. The fourth-order valence-corrected chi connectivity index (χ4v) is 2.81. The van der Waals surface area contributed by atoms with Gasteiger partial charge in [0.1, 0.15) is 23.8 Å². The van der Waals surface area contributed by atoms with Crippen LogP contribution in [0.2, 0.25) is 0 Å². The third-order valence-electron chi connectivity index (χ3n) is 4.05. The third kappa shape index (κ3) is 2.40. The topological polar surface area (TPSA) is 81.6 Å². The van der Waals surface area contributed by atoms with E-state index in [0.717, 1.165) is 30.0 Å². The number of hydrogen-bond acceptors (Lipinski definition) is 5. The lowest BCUT2D eigenvalue weighted by molar-refractivity contribution is 0.651. The SMILES string of the molecule is Cc1c(NN)nc(C(C)C)nc1-n1cnc2c1CCCC2. The average Bonchev–Trinajstić information content (AvgIpc) is 2.91. The molecule has 0 aromatic carbocycles. The number of hydrogen-bond donors (Lipinski definition) is 2. The lowest BCUT2D eigenvalue weighted by atomic mass is 10.0. The van der Waals surface area contributed by atoms with E-state index in [-0.39, 0.29) is 5.92 Å². The molecule has 2 aromatic heterocycles. The Morgan fingerprint density at radius 3 is 2.71 bits per heavy atom. The maximum atomic E-state index is 5.61. The van der Waals surface area contributed by atoms with Crippen molar-refractivity contribution in [2.24, 2.45) is 5.84 Å². The minimum absolute atomic E-state index is 0.246. The Labute approximate surface area is 124 Å². The standard InChI is InChI=1S/C15H22N6/c1-9(2)13-18-14(20-16)10(3)15(19-13)21-8-17-11-6-4-5-7-12(11)21/h8-9H,4-7,16H2,1-3H3,(H,18,19,20). The average molecular weight is 286 g/mol. The number of nitrogens with two attached hydrogens (primary N) is 1. The van der Waals surface area contributed by atoms with Gasteiger partial charge in [0, 0.05) is 17.2 Å². The molecule has 0 radical (unpaired) electrons. The largest absolute Gasteiger partial charge is 0.308 e. The molecule has 0 bridgehead atoms. The van der Waals surface area contributed by atoms with Crippen molar-refractivity contribution < 1.29 is 0 Å². The van der Waals surface area contributed by atoms with Crippen molar-refractivity contribution in [3.63, 3.8) is 0 Å². The fourth-order valence-electron chi connectivity index (χ4n) is 2.81. The lowest BCUT2D eigenvalue weighted by Crippen LogP contribution is -2.17. The van der Waals surface area contributed by atoms with Crippen molar-refractivity contribution in [1.29, 1.82) is 0 Å². The van der Waals surface area contributed by atoms with Crippen LogP contribution in [-0.2, 0) is 12.8 Å². The minimum Gasteiger partial charge on any atom is -0.308 e. The van der Waals surface area contributed by atoms with Crippen molar-refractivity contribution in [3.8, 4) is 5.82 Å². The summed E-state index contributed by atoms with van der Waals surface area (Å²) in [7, 11) is 0. The van der Waals surface area contributed by atoms with Crippen molar-refractivity contribution in [2.75, 3.05) is 5.43 Å². The van der Waals surface area contributed by atoms with Crippen LogP contribution >= 0.6 is 0 Å². The Hall–Kier alpha value is -1.95. The number of nitrogens with one attached hydrogen (secondary N) is 1. The molecular formula is C15H22N6. The van der Waals surface area contributed by atoms with Gasteiger partial charge in [-0.3, -0.25) is 4.57 Å². The molecule has 1 aliphatic rings. The summed E-state index contributed by atoms with van der Waals surface area (Å²) >= 11 is 0. The van der Waals surface area contributed by atoms with Gasteiger partial charge in [-0.05, 0) is 32.6 Å². The maximum absolute atomic E-state index is 5.61. The van der Waals surface area contributed by atoms with Crippen LogP contribution in [0.15, 0.2) is 6.33 Å². The number of hydrazine groups is 1. The predicted octanol–water partition coefficient (Wildman–Crippen LogP) is 2.26. The maximum Gasteiger partial charge on any atom is 0.148 e. The van der Waals surface area contributed by atoms with E-state index in [1.54, 1.807) is 0 Å². The first-order chi connectivity index (χ1) is 10.1. The zero-order valence-electron chi connectivity index (χ0n) is 12.8. The van der Waals surface area contributed by atoms with Gasteiger partial charge in [0.05, 0.1) is 5.69 Å². The van der Waals surface area contributed by atoms with Crippen LogP contribution in [-0.4, -0.2) is 19.5 Å². The molecule has 21 heavy (non-hydrogen) atoms. The molecule has 1 aliphatic carbocycles. The summed E-state index contributed by atoms with van der Waals surface area (Å²) in [5, 5.41) is 0. The Balaban J connectivity index is 2.17. The van der Waals surface area contributed by atoms with Crippen LogP contribution in [0.3, 0.4) is 0 Å². The zero-order chi connectivity index (χ0) is 15.0. The van der Waals surface area contributed by atoms with Gasteiger partial charge in [-0.1, -0.05) is 13.8 Å². The number of nitrogen functional groups attached to an aromatic ring is 1. The molecule has 0 unspecified atom stereocenters. The highest BCUT2D eigenvalue weighted by molar-refractivity contribution is 5.52. The Morgan fingerprint density at radius 1 is 1.24 bits per heavy atom. The van der Waals surface area contributed by atoms with Crippen LogP contribution in [0.5, 0.6) is 0 Å². The Kier molecular flexibility index (Phi) is 3.63. The minimum atomic E-state index is 0.246. The number of fused-ring (bicyclic) bond motifs is 1. The smallest absolute Gasteiger partial charge is 0.148 e. The summed E-state index contributed by atoms with van der Waals surface area (Å²) in [6, 6.07) is 0. The summed E-state index contributed by atoms with van der Waals surface area (Å²) in [4.78, 5) is 13.8. The van der Waals surface area contributed by atoms with Gasteiger partial charge >= 0.3 is 0 Å². The van der Waals surface area contributed by atoms with Gasteiger partial charge in [0.25, 0.3) is 0 Å². The Morgan fingerprint density at radius 2 is 2.00 bits per heavy atom. The molecule has 0 spiro atoms. The van der Waals surface area contributed by atoms with E-state index in [1.165, 1.54) is 24.2 Å². The highest BCUT2D eigenvalue weighted by Crippen LogP contribution is 2.27. The van der Waals surface area contributed by atoms with Crippen LogP contribution in [0, 0.1) is 6.92 Å². The molecule has 0 saturated heterocycles. The molecule has 3 N–H and O–H groups in total. The van der Waals surface area contributed by atoms with Crippen LogP contribution < -0.4 is 11.3 Å². The van der Waals surface area contributed by atoms with Crippen molar-refractivity contribution >= 4 is 5.82 Å². The van der Waals surface area contributed by atoms with E-state index in [1.807, 2.05) is 13.3 Å². The first-order valence-electron chi connectivity index (χ1n) is 7.52. The summed E-state index contributed by atoms with van der Waals surface area (Å²) < 4.78 is 2.11. The van der Waals surface area contributed by atoms with Gasteiger partial charge in [0.15, 0.2) is 0 Å². The van der Waals surface area contributed by atoms with Gasteiger partial charge < -0.3 is 5.43 Å². The molecule has 0 fully saturated rings. The highest BCUT2D eigenvalue weighted by atomic mass is 15.3. The second kappa shape index (κ2) is 5.44. The van der Waals surface area contributed by atoms with E-state index in [0.29, 0.717) is 5.82 Å². The third-order valence-corrected chi connectivity index (χ3v) is 4.05. The van der Waals surface area contributed by atoms with Gasteiger partial charge in [-0.15, -0.1) is 0 Å². The molecule has 0 amide bonds. The number of aromatic nitrogens is 4. The molecule has 0 saturated carbocycles. The molecule has 2 heterocycles. The van der Waals surface area contributed by atoms with Crippen molar-refractivity contribution in [2.45, 2.75) is 52.4 Å². The van der Waals surface area contributed by atoms with Crippen molar-refractivity contribution in [3.05, 3.63) is 29.1 Å². The second-order valence-electron chi connectivity index (χ2n) is 5.89. The molecule has 2 aromatic rings. The fraction of sp³-hybridized carbons (Fsp3) is 0.533. The van der Waals surface area contributed by atoms with E-state index >= 15 is 0 Å². The number of imidazole rings is 1. The number of nitrogens with zero attached hydrogens (tertiary/aromatic N) is 4. The molecule has 112 valence electrons. The molecule has 0 atom stereocenters. The van der Waals surface area contributed by atoms with E-state index in [2.05, 4.69) is 33.8 Å². The lowest BCUT2D eigenvalue weighted by Gasteiger charge is -2.17. The quantitative estimate of drug-likeness (QED) is 0.668. The van der Waals surface area contributed by atoms with Gasteiger partial charge in [-0.25, -0.2) is 20.8 Å². The molecular weight excluding hydrogens is 264 g/mol. The van der Waals surface area contributed by atoms with Crippen molar-refractivity contribution in [1.82, 2.24) is 19.5 Å². The number of anilines is 1. The molecule has 6 heteroatoms. The Bertz CT molecular complexity index is 658. The van der Waals surface area contributed by atoms with Crippen LogP contribution in [0.25, 0.3) is 5.82 Å². The number of rotatable bonds is 3. The molecule has 0 aliphatic heterocycles. The summed E-state index contributed by atoms with van der Waals surface area (Å²) in [5.41, 5.74) is 6.12. The van der Waals surface area contributed by atoms with Gasteiger partial charge in [-0.2, -0.15) is 0 Å². The normalized spacial score (nSPS) is 14.3. The number of aryl methyl sites for hydroxylation is 1. The first kappa shape index (κ1) is 14.0. The van der Waals surface area contributed by atoms with Crippen LogP contribution in [0.1, 0.15) is 55.4 Å². The summed E-state index contributed by atoms with van der Waals surface area (Å²) in [6.07, 6.45) is 6.43. The molecule has 6 nitrogen and oxygen atoms in total. The first-order valence-corrected chi connectivity index (χ1v) is 7.52. The zero-order valence-corrected chi connectivity index (χ0v) is 12.8. The second-order valence-corrected chi connectivity index (χ2v) is 5.89. The van der Waals surface area contributed by atoms with Gasteiger partial charge in [0.2, 0.25) is 0 Å². The van der Waals surface area contributed by atoms with E-state index in [4.69, 9.17) is 10.8 Å².